The van der Waals surface area contributed by atoms with Crippen LogP contribution >= 0.6 is 11.8 Å². The van der Waals surface area contributed by atoms with E-state index < -0.39 is 0 Å². The lowest BCUT2D eigenvalue weighted by molar-refractivity contribution is 0.306. The van der Waals surface area contributed by atoms with Crippen molar-refractivity contribution in [1.82, 2.24) is 0 Å². The van der Waals surface area contributed by atoms with E-state index in [0.29, 0.717) is 6.61 Å². The van der Waals surface area contributed by atoms with Crippen molar-refractivity contribution in [1.29, 1.82) is 0 Å². The summed E-state index contributed by atoms with van der Waals surface area (Å²) in [5.41, 5.74) is 2.54. The molecule has 0 amide bonds. The molecular weight excluding hydrogens is 240 g/mol. The van der Waals surface area contributed by atoms with E-state index in [-0.39, 0.29) is 0 Å². The van der Waals surface area contributed by atoms with E-state index in [1.807, 2.05) is 12.1 Å². The van der Waals surface area contributed by atoms with Crippen LogP contribution in [-0.2, 0) is 13.0 Å². The quantitative estimate of drug-likeness (QED) is 0.728. The smallest absolute Gasteiger partial charge is 0.119 e. The maximum Gasteiger partial charge on any atom is 0.119 e. The van der Waals surface area contributed by atoms with Crippen LogP contribution in [0.3, 0.4) is 0 Å². The summed E-state index contributed by atoms with van der Waals surface area (Å²) in [5, 5.41) is 0. The second-order valence-corrected chi connectivity index (χ2v) is 5.01. The molecule has 0 bridgehead atoms. The maximum atomic E-state index is 5.76. The molecule has 2 aromatic rings. The minimum absolute atomic E-state index is 0.625. The van der Waals surface area contributed by atoms with Crippen molar-refractivity contribution in [3.63, 3.8) is 0 Å². The second kappa shape index (κ2) is 6.50. The zero-order valence-corrected chi connectivity index (χ0v) is 11.7. The number of hydrogen-bond donors (Lipinski definition) is 0. The van der Waals surface area contributed by atoms with Crippen molar-refractivity contribution in [2.75, 3.05) is 6.26 Å². The molecule has 0 spiro atoms. The van der Waals surface area contributed by atoms with Gasteiger partial charge in [-0.25, -0.2) is 0 Å². The van der Waals surface area contributed by atoms with Crippen molar-refractivity contribution in [3.05, 3.63) is 59.7 Å². The van der Waals surface area contributed by atoms with Gasteiger partial charge in [0.05, 0.1) is 0 Å². The summed E-state index contributed by atoms with van der Waals surface area (Å²) in [6.45, 7) is 2.78. The van der Waals surface area contributed by atoms with E-state index in [0.717, 1.165) is 12.2 Å². The number of benzene rings is 2. The summed E-state index contributed by atoms with van der Waals surface area (Å²) in [6.07, 6.45) is 3.15. The third-order valence-corrected chi connectivity index (χ3v) is 3.64. The van der Waals surface area contributed by atoms with Gasteiger partial charge in [0.15, 0.2) is 0 Å². The Balaban J connectivity index is 1.93. The van der Waals surface area contributed by atoms with Gasteiger partial charge in [0.2, 0.25) is 0 Å². The molecule has 0 saturated carbocycles. The van der Waals surface area contributed by atoms with Crippen molar-refractivity contribution in [2.45, 2.75) is 24.8 Å². The van der Waals surface area contributed by atoms with Gasteiger partial charge in [0, 0.05) is 4.90 Å². The molecule has 0 aliphatic heterocycles. The van der Waals surface area contributed by atoms with Crippen LogP contribution in [0.5, 0.6) is 5.75 Å². The van der Waals surface area contributed by atoms with Crippen LogP contribution in [-0.4, -0.2) is 6.26 Å². The fraction of sp³-hybridized carbons (Fsp3) is 0.250. The minimum Gasteiger partial charge on any atom is -0.489 e. The molecule has 0 aliphatic rings. The monoisotopic (exact) mass is 258 g/mol. The van der Waals surface area contributed by atoms with Gasteiger partial charge in [-0.15, -0.1) is 11.8 Å². The summed E-state index contributed by atoms with van der Waals surface area (Å²) >= 11 is 1.76. The molecule has 2 heteroatoms. The van der Waals surface area contributed by atoms with Crippen LogP contribution < -0.4 is 4.74 Å². The second-order valence-electron chi connectivity index (χ2n) is 4.13. The van der Waals surface area contributed by atoms with Gasteiger partial charge in [0.25, 0.3) is 0 Å². The molecule has 0 saturated heterocycles. The maximum absolute atomic E-state index is 5.76. The summed E-state index contributed by atoms with van der Waals surface area (Å²) in [6, 6.07) is 16.8. The van der Waals surface area contributed by atoms with Gasteiger partial charge in [-0.3, -0.25) is 0 Å². The average Bonchev–Trinajstić information content (AvgIpc) is 2.46. The summed E-state index contributed by atoms with van der Waals surface area (Å²) in [7, 11) is 0. The van der Waals surface area contributed by atoms with Crippen LogP contribution in [0.25, 0.3) is 0 Å². The Bertz CT molecular complexity index is 426. The molecule has 18 heavy (non-hydrogen) atoms. The Hall–Kier alpha value is -1.41. The van der Waals surface area contributed by atoms with E-state index >= 15 is 0 Å². The van der Waals surface area contributed by atoms with Gasteiger partial charge in [-0.1, -0.05) is 31.2 Å². The van der Waals surface area contributed by atoms with Crippen LogP contribution in [0.2, 0.25) is 0 Å². The first-order valence-electron chi connectivity index (χ1n) is 6.16. The standard InChI is InChI=1S/C16H18OS/c1-3-13-4-8-15(9-5-13)17-12-14-6-10-16(18-2)11-7-14/h4-11H,3,12H2,1-2H3. The first kappa shape index (κ1) is 13.0. The highest BCUT2D eigenvalue weighted by atomic mass is 32.2. The van der Waals surface area contributed by atoms with Gasteiger partial charge >= 0.3 is 0 Å². The fourth-order valence-electron chi connectivity index (χ4n) is 1.71. The van der Waals surface area contributed by atoms with Gasteiger partial charge < -0.3 is 4.74 Å². The van der Waals surface area contributed by atoms with Gasteiger partial charge in [-0.05, 0) is 48.1 Å². The molecule has 0 heterocycles. The number of ether oxygens (including phenoxy) is 1. The molecule has 0 aromatic heterocycles. The predicted molar refractivity (Wildman–Crippen MR) is 78.4 cm³/mol. The van der Waals surface area contributed by atoms with E-state index in [1.165, 1.54) is 16.0 Å². The Morgan fingerprint density at radius 1 is 0.889 bits per heavy atom. The van der Waals surface area contributed by atoms with E-state index in [1.54, 1.807) is 11.8 Å². The molecule has 1 nitrogen and oxygen atoms in total. The summed E-state index contributed by atoms with van der Waals surface area (Å²) < 4.78 is 5.76. The molecule has 0 radical (unpaired) electrons. The lowest BCUT2D eigenvalue weighted by atomic mass is 10.2. The van der Waals surface area contributed by atoms with Crippen molar-refractivity contribution < 1.29 is 4.74 Å². The molecule has 0 aliphatic carbocycles. The van der Waals surface area contributed by atoms with Crippen molar-refractivity contribution in [3.8, 4) is 5.75 Å². The molecular formula is C16H18OS. The average molecular weight is 258 g/mol. The van der Waals surface area contributed by atoms with Crippen molar-refractivity contribution >= 4 is 11.8 Å². The Morgan fingerprint density at radius 2 is 1.50 bits per heavy atom. The number of thioether (sulfide) groups is 1. The van der Waals surface area contributed by atoms with Gasteiger partial charge in [-0.2, -0.15) is 0 Å². The normalized spacial score (nSPS) is 10.3. The number of rotatable bonds is 5. The minimum atomic E-state index is 0.625. The lowest BCUT2D eigenvalue weighted by Gasteiger charge is -2.07. The highest BCUT2D eigenvalue weighted by molar-refractivity contribution is 7.98. The van der Waals surface area contributed by atoms with Crippen molar-refractivity contribution in [2.24, 2.45) is 0 Å². The molecule has 0 N–H and O–H groups in total. The highest BCUT2D eigenvalue weighted by Crippen LogP contribution is 2.17. The Kier molecular flexibility index (Phi) is 4.71. The van der Waals surface area contributed by atoms with E-state index in [4.69, 9.17) is 4.74 Å². The van der Waals surface area contributed by atoms with Crippen LogP contribution in [0, 0.1) is 0 Å². The number of hydrogen-bond acceptors (Lipinski definition) is 2. The third kappa shape index (κ3) is 3.54. The van der Waals surface area contributed by atoms with Crippen LogP contribution in [0.1, 0.15) is 18.1 Å². The first-order chi connectivity index (χ1) is 8.81. The van der Waals surface area contributed by atoms with Gasteiger partial charge in [0.1, 0.15) is 12.4 Å². The van der Waals surface area contributed by atoms with Crippen LogP contribution in [0.15, 0.2) is 53.4 Å². The van der Waals surface area contributed by atoms with Crippen LogP contribution in [0.4, 0.5) is 0 Å². The summed E-state index contributed by atoms with van der Waals surface area (Å²) in [5.74, 6) is 0.932. The largest absolute Gasteiger partial charge is 0.489 e. The first-order valence-corrected chi connectivity index (χ1v) is 7.39. The van der Waals surface area contributed by atoms with E-state index in [9.17, 15) is 0 Å². The Morgan fingerprint density at radius 3 is 2.06 bits per heavy atom. The number of aryl methyl sites for hydroxylation is 1. The fourth-order valence-corrected chi connectivity index (χ4v) is 2.12. The SMILES string of the molecule is CCc1ccc(OCc2ccc(SC)cc2)cc1. The molecule has 0 fully saturated rings. The molecule has 2 aromatic carbocycles. The zero-order valence-electron chi connectivity index (χ0n) is 10.8. The highest BCUT2D eigenvalue weighted by Gasteiger charge is 1.97. The predicted octanol–water partition coefficient (Wildman–Crippen LogP) is 4.55. The topological polar surface area (TPSA) is 9.23 Å². The Labute approximate surface area is 113 Å². The zero-order chi connectivity index (χ0) is 12.8. The molecule has 0 unspecified atom stereocenters. The molecule has 94 valence electrons. The molecule has 2 rings (SSSR count). The van der Waals surface area contributed by atoms with E-state index in [2.05, 4.69) is 49.6 Å². The molecule has 0 atom stereocenters. The third-order valence-electron chi connectivity index (χ3n) is 2.90. The lowest BCUT2D eigenvalue weighted by Crippen LogP contribution is -1.95. The summed E-state index contributed by atoms with van der Waals surface area (Å²) in [4.78, 5) is 1.28.